The average Bonchev–Trinajstić information content (AvgIpc) is 2.70. The van der Waals surface area contributed by atoms with Crippen molar-refractivity contribution in [3.05, 3.63) is 70.9 Å². The van der Waals surface area contributed by atoms with E-state index in [1.807, 2.05) is 56.4 Å². The highest BCUT2D eigenvalue weighted by Gasteiger charge is 2.25. The predicted octanol–water partition coefficient (Wildman–Crippen LogP) is 3.33. The molecule has 4 rings (SSSR count). The van der Waals surface area contributed by atoms with Gasteiger partial charge >= 0.3 is 5.97 Å². The molecule has 29 heavy (non-hydrogen) atoms. The normalized spacial score (nSPS) is 13.7. The maximum Gasteiger partial charge on any atom is 0.339 e. The van der Waals surface area contributed by atoms with Crippen LogP contribution in [0, 0.1) is 6.92 Å². The van der Waals surface area contributed by atoms with Crippen LogP contribution >= 0.6 is 0 Å². The van der Waals surface area contributed by atoms with Gasteiger partial charge in [0.2, 0.25) is 0 Å². The second-order valence-electron chi connectivity index (χ2n) is 7.41. The van der Waals surface area contributed by atoms with Gasteiger partial charge in [0, 0.05) is 41.8 Å². The lowest BCUT2D eigenvalue weighted by Crippen LogP contribution is -2.30. The first-order chi connectivity index (χ1) is 14.0. The van der Waals surface area contributed by atoms with Gasteiger partial charge in [0.25, 0.3) is 5.91 Å². The van der Waals surface area contributed by atoms with Crippen LogP contribution in [0.2, 0.25) is 0 Å². The number of likely N-dealkylation sites (N-methyl/N-ethyl adjacent to an activating group) is 1. The van der Waals surface area contributed by atoms with E-state index in [1.165, 1.54) is 0 Å². The number of esters is 1. The summed E-state index contributed by atoms with van der Waals surface area (Å²) >= 11 is 0. The maximum absolute atomic E-state index is 13.0. The minimum atomic E-state index is -0.491. The van der Waals surface area contributed by atoms with Crippen LogP contribution < -0.4 is 5.32 Å². The molecular weight excluding hydrogens is 366 g/mol. The maximum atomic E-state index is 13.0. The first-order valence-corrected chi connectivity index (χ1v) is 9.64. The van der Waals surface area contributed by atoms with Gasteiger partial charge in [-0.2, -0.15) is 0 Å². The highest BCUT2D eigenvalue weighted by molar-refractivity contribution is 6.06. The Labute approximate surface area is 169 Å². The zero-order chi connectivity index (χ0) is 20.4. The van der Waals surface area contributed by atoms with Gasteiger partial charge in [0.05, 0.1) is 11.1 Å². The molecule has 2 heterocycles. The zero-order valence-corrected chi connectivity index (χ0v) is 16.6. The number of hydrogen-bond acceptors (Lipinski definition) is 5. The van der Waals surface area contributed by atoms with Crippen molar-refractivity contribution in [2.24, 2.45) is 0 Å². The number of hydrogen-bond donors (Lipinski definition) is 1. The highest BCUT2D eigenvalue weighted by atomic mass is 16.5. The molecule has 0 aliphatic carbocycles. The van der Waals surface area contributed by atoms with E-state index in [9.17, 15) is 9.59 Å². The van der Waals surface area contributed by atoms with Gasteiger partial charge in [0.1, 0.15) is 0 Å². The van der Waals surface area contributed by atoms with Gasteiger partial charge in [-0.1, -0.05) is 30.3 Å². The second kappa shape index (κ2) is 8.01. The number of ether oxygens (including phenoxy) is 1. The van der Waals surface area contributed by atoms with E-state index >= 15 is 0 Å². The van der Waals surface area contributed by atoms with Crippen molar-refractivity contribution in [3.8, 4) is 0 Å². The molecule has 3 aromatic rings. The Hall–Kier alpha value is -3.25. The van der Waals surface area contributed by atoms with E-state index in [0.29, 0.717) is 17.8 Å². The van der Waals surface area contributed by atoms with Crippen LogP contribution in [0.4, 0.5) is 5.69 Å². The predicted molar refractivity (Wildman–Crippen MR) is 112 cm³/mol. The molecule has 6 heteroatoms. The lowest BCUT2D eigenvalue weighted by Gasteiger charge is -2.26. The van der Waals surface area contributed by atoms with Gasteiger partial charge in [0.15, 0.2) is 6.61 Å². The fourth-order valence-electron chi connectivity index (χ4n) is 3.68. The van der Waals surface area contributed by atoms with E-state index in [1.54, 1.807) is 6.07 Å². The summed E-state index contributed by atoms with van der Waals surface area (Å²) in [5.74, 6) is -0.858. The summed E-state index contributed by atoms with van der Waals surface area (Å²) in [7, 11) is 2.02. The van der Waals surface area contributed by atoms with E-state index in [2.05, 4.69) is 10.2 Å². The molecule has 0 radical (unpaired) electrons. The topological polar surface area (TPSA) is 71.5 Å². The monoisotopic (exact) mass is 389 g/mol. The van der Waals surface area contributed by atoms with Crippen molar-refractivity contribution in [2.45, 2.75) is 19.9 Å². The van der Waals surface area contributed by atoms with Crippen LogP contribution in [0.3, 0.4) is 0 Å². The number of nitrogens with one attached hydrogen (secondary N) is 1. The van der Waals surface area contributed by atoms with Crippen molar-refractivity contribution in [1.82, 2.24) is 9.88 Å². The van der Waals surface area contributed by atoms with E-state index in [-0.39, 0.29) is 12.5 Å². The number of para-hydroxylation sites is 1. The third kappa shape index (κ3) is 4.12. The van der Waals surface area contributed by atoms with Crippen molar-refractivity contribution in [1.29, 1.82) is 0 Å². The van der Waals surface area contributed by atoms with E-state index in [4.69, 9.17) is 9.72 Å². The summed E-state index contributed by atoms with van der Waals surface area (Å²) < 4.78 is 5.40. The molecule has 0 bridgehead atoms. The van der Waals surface area contributed by atoms with Crippen LogP contribution in [0.15, 0.2) is 48.5 Å². The molecule has 2 aromatic carbocycles. The molecule has 1 aromatic heterocycles. The zero-order valence-electron chi connectivity index (χ0n) is 16.6. The number of carbonyl (C=O) groups is 2. The first kappa shape index (κ1) is 19.1. The SMILES string of the molecule is Cc1cccc(NC(=O)COC(=O)c2c3c(nc4ccccc24)CCN(C)C3)c1. The molecule has 1 aliphatic rings. The fourth-order valence-corrected chi connectivity index (χ4v) is 3.68. The van der Waals surface area contributed by atoms with Gasteiger partial charge in [-0.15, -0.1) is 0 Å². The third-order valence-corrected chi connectivity index (χ3v) is 5.08. The molecule has 0 atom stereocenters. The van der Waals surface area contributed by atoms with Gasteiger partial charge < -0.3 is 15.0 Å². The number of aromatic nitrogens is 1. The standard InChI is InChI=1S/C23H23N3O3/c1-15-6-5-7-16(12-15)24-21(27)14-29-23(28)22-17-8-3-4-9-19(17)25-20-10-11-26(2)13-18(20)22/h3-9,12H,10-11,13-14H2,1-2H3,(H,24,27). The molecule has 0 saturated heterocycles. The molecule has 1 aliphatic heterocycles. The van der Waals surface area contributed by atoms with Crippen LogP contribution in [0.25, 0.3) is 10.9 Å². The van der Waals surface area contributed by atoms with Gasteiger partial charge in [-0.25, -0.2) is 4.79 Å². The number of aryl methyl sites for hydroxylation is 1. The molecule has 0 unspecified atom stereocenters. The third-order valence-electron chi connectivity index (χ3n) is 5.08. The first-order valence-electron chi connectivity index (χ1n) is 9.64. The largest absolute Gasteiger partial charge is 0.452 e. The summed E-state index contributed by atoms with van der Waals surface area (Å²) in [6, 6.07) is 15.0. The number of carbonyl (C=O) groups excluding carboxylic acids is 2. The van der Waals surface area contributed by atoms with Crippen molar-refractivity contribution in [3.63, 3.8) is 0 Å². The van der Waals surface area contributed by atoms with Crippen LogP contribution in [-0.4, -0.2) is 42.0 Å². The molecule has 148 valence electrons. The Morgan fingerprint density at radius 2 is 2.00 bits per heavy atom. The van der Waals surface area contributed by atoms with Crippen LogP contribution in [0.1, 0.15) is 27.2 Å². The lowest BCUT2D eigenvalue weighted by atomic mass is 9.96. The second-order valence-corrected chi connectivity index (χ2v) is 7.41. The number of pyridine rings is 1. The average molecular weight is 389 g/mol. The summed E-state index contributed by atoms with van der Waals surface area (Å²) in [4.78, 5) is 32.1. The minimum Gasteiger partial charge on any atom is -0.452 e. The highest BCUT2D eigenvalue weighted by Crippen LogP contribution is 2.28. The number of rotatable bonds is 4. The minimum absolute atomic E-state index is 0.339. The number of amides is 1. The molecular formula is C23H23N3O3. The Kier molecular flexibility index (Phi) is 5.27. The van der Waals surface area contributed by atoms with Crippen molar-refractivity contribution >= 4 is 28.5 Å². The Morgan fingerprint density at radius 1 is 1.17 bits per heavy atom. The lowest BCUT2D eigenvalue weighted by molar-refractivity contribution is -0.119. The number of fused-ring (bicyclic) bond motifs is 2. The molecule has 6 nitrogen and oxygen atoms in total. The quantitative estimate of drug-likeness (QED) is 0.693. The molecule has 1 N–H and O–H groups in total. The summed E-state index contributed by atoms with van der Waals surface area (Å²) in [5.41, 5.74) is 4.82. The Bertz CT molecular complexity index is 1090. The Balaban J connectivity index is 1.56. The van der Waals surface area contributed by atoms with E-state index in [0.717, 1.165) is 40.7 Å². The van der Waals surface area contributed by atoms with Crippen molar-refractivity contribution in [2.75, 3.05) is 25.5 Å². The Morgan fingerprint density at radius 3 is 2.83 bits per heavy atom. The summed E-state index contributed by atoms with van der Waals surface area (Å²) in [6.07, 6.45) is 0.783. The van der Waals surface area contributed by atoms with Gasteiger partial charge in [-0.3, -0.25) is 9.78 Å². The molecule has 0 saturated carbocycles. The number of nitrogens with zero attached hydrogens (tertiary/aromatic N) is 2. The van der Waals surface area contributed by atoms with Crippen LogP contribution in [-0.2, 0) is 22.5 Å². The number of benzene rings is 2. The molecule has 1 amide bonds. The fraction of sp³-hybridized carbons (Fsp3) is 0.261. The molecule has 0 fully saturated rings. The van der Waals surface area contributed by atoms with Crippen molar-refractivity contribution < 1.29 is 14.3 Å². The van der Waals surface area contributed by atoms with Crippen LogP contribution in [0.5, 0.6) is 0 Å². The molecule has 0 spiro atoms. The number of anilines is 1. The van der Waals surface area contributed by atoms with E-state index < -0.39 is 5.97 Å². The summed E-state index contributed by atoms with van der Waals surface area (Å²) in [6.45, 7) is 3.14. The summed E-state index contributed by atoms with van der Waals surface area (Å²) in [5, 5.41) is 3.51. The van der Waals surface area contributed by atoms with Gasteiger partial charge in [-0.05, 0) is 37.7 Å². The smallest absolute Gasteiger partial charge is 0.339 e.